The van der Waals surface area contributed by atoms with E-state index in [1.807, 2.05) is 48.5 Å². The molecule has 0 spiro atoms. The van der Waals surface area contributed by atoms with E-state index in [0.717, 1.165) is 26.2 Å². The molecule has 1 N–H and O–H groups in total. The molecule has 7 nitrogen and oxygen atoms in total. The van der Waals surface area contributed by atoms with Crippen molar-refractivity contribution in [2.45, 2.75) is 18.4 Å². The van der Waals surface area contributed by atoms with E-state index in [4.69, 9.17) is 16.3 Å². The molecule has 0 atom stereocenters. The van der Waals surface area contributed by atoms with Gasteiger partial charge >= 0.3 is 0 Å². The molecule has 9 heteroatoms. The first-order chi connectivity index (χ1) is 20.3. The number of nitrogens with one attached hydrogen (secondary N) is 1. The number of carbonyl (C=O) groups excluding carboxylic acids is 1. The zero-order valence-corrected chi connectivity index (χ0v) is 24.3. The Kier molecular flexibility index (Phi) is 8.85. The Bertz CT molecular complexity index is 1840. The Morgan fingerprint density at radius 2 is 1.57 bits per heavy atom. The second-order valence-electron chi connectivity index (χ2n) is 9.50. The van der Waals surface area contributed by atoms with Gasteiger partial charge in [0, 0.05) is 5.02 Å². The SMILES string of the molecule is Cc1c(Cl)cccc1N(CC(=O)N/N=C\c1ccc(OCc2cccc3ccccc23)cc1)S(=O)(=O)c1ccccc1. The number of sulfonamides is 1. The summed E-state index contributed by atoms with van der Waals surface area (Å²) in [7, 11) is -4.06. The van der Waals surface area contributed by atoms with E-state index in [1.54, 1.807) is 43.3 Å². The van der Waals surface area contributed by atoms with Crippen LogP contribution in [0.1, 0.15) is 16.7 Å². The molecule has 0 unspecified atom stereocenters. The fourth-order valence-corrected chi connectivity index (χ4v) is 6.13. The van der Waals surface area contributed by atoms with Crippen LogP contribution in [0.2, 0.25) is 5.02 Å². The number of amides is 1. The second kappa shape index (κ2) is 12.9. The van der Waals surface area contributed by atoms with Crippen molar-refractivity contribution in [3.8, 4) is 5.75 Å². The molecule has 0 aliphatic heterocycles. The number of nitrogens with zero attached hydrogens (tertiary/aromatic N) is 2. The topological polar surface area (TPSA) is 88.1 Å². The molecule has 0 saturated carbocycles. The molecule has 0 radical (unpaired) electrons. The van der Waals surface area contributed by atoms with Gasteiger partial charge in [0.15, 0.2) is 0 Å². The monoisotopic (exact) mass is 597 g/mol. The number of fused-ring (bicyclic) bond motifs is 1. The Hall–Kier alpha value is -4.66. The average molecular weight is 598 g/mol. The van der Waals surface area contributed by atoms with Gasteiger partial charge in [0.25, 0.3) is 15.9 Å². The first-order valence-corrected chi connectivity index (χ1v) is 15.0. The smallest absolute Gasteiger partial charge is 0.264 e. The first kappa shape index (κ1) is 28.9. The molecule has 5 aromatic rings. The van der Waals surface area contributed by atoms with Crippen LogP contribution in [0.25, 0.3) is 10.8 Å². The molecule has 0 heterocycles. The molecule has 0 saturated heterocycles. The van der Waals surface area contributed by atoms with Crippen molar-refractivity contribution in [2.75, 3.05) is 10.8 Å². The molecule has 0 aliphatic carbocycles. The van der Waals surface area contributed by atoms with Crippen LogP contribution in [0, 0.1) is 6.92 Å². The predicted molar refractivity (Wildman–Crippen MR) is 168 cm³/mol. The van der Waals surface area contributed by atoms with Gasteiger partial charge in [0.05, 0.1) is 16.8 Å². The standard InChI is InChI=1S/C33H28ClN3O4S/c1-24-31(34)15-8-16-32(24)37(42(39,40)29-12-3-2-4-13-29)22-33(38)36-35-21-25-17-19-28(20-18-25)41-23-27-11-7-10-26-9-5-6-14-30(26)27/h2-21H,22-23H2,1H3,(H,36,38)/b35-21-. The van der Waals surface area contributed by atoms with E-state index in [1.165, 1.54) is 18.3 Å². The van der Waals surface area contributed by atoms with Crippen LogP contribution in [0.4, 0.5) is 5.69 Å². The normalized spacial score (nSPS) is 11.5. The van der Waals surface area contributed by atoms with E-state index < -0.39 is 22.5 Å². The molecule has 5 aromatic carbocycles. The Morgan fingerprint density at radius 1 is 0.881 bits per heavy atom. The van der Waals surface area contributed by atoms with Gasteiger partial charge < -0.3 is 4.74 Å². The van der Waals surface area contributed by atoms with Crippen LogP contribution in [0.5, 0.6) is 5.75 Å². The van der Waals surface area contributed by atoms with E-state index >= 15 is 0 Å². The summed E-state index contributed by atoms with van der Waals surface area (Å²) >= 11 is 6.27. The average Bonchev–Trinajstić information content (AvgIpc) is 3.01. The summed E-state index contributed by atoms with van der Waals surface area (Å²) in [5.41, 5.74) is 5.10. The van der Waals surface area contributed by atoms with Gasteiger partial charge in [-0.1, -0.05) is 78.3 Å². The van der Waals surface area contributed by atoms with Crippen molar-refractivity contribution in [1.82, 2.24) is 5.43 Å². The van der Waals surface area contributed by atoms with E-state index in [9.17, 15) is 13.2 Å². The van der Waals surface area contributed by atoms with Gasteiger partial charge in [0.1, 0.15) is 18.9 Å². The highest BCUT2D eigenvalue weighted by Gasteiger charge is 2.28. The minimum absolute atomic E-state index is 0.0587. The molecular weight excluding hydrogens is 570 g/mol. The molecule has 0 aliphatic rings. The van der Waals surface area contributed by atoms with Crippen molar-refractivity contribution in [2.24, 2.45) is 5.10 Å². The molecule has 0 fully saturated rings. The highest BCUT2D eigenvalue weighted by Crippen LogP contribution is 2.30. The number of anilines is 1. The maximum absolute atomic E-state index is 13.5. The summed E-state index contributed by atoms with van der Waals surface area (Å²) in [5.74, 6) is 0.0861. The lowest BCUT2D eigenvalue weighted by Crippen LogP contribution is -2.40. The fourth-order valence-electron chi connectivity index (χ4n) is 4.46. The molecular formula is C33H28ClN3O4S. The maximum Gasteiger partial charge on any atom is 0.264 e. The minimum Gasteiger partial charge on any atom is -0.489 e. The quantitative estimate of drug-likeness (QED) is 0.143. The van der Waals surface area contributed by atoms with Crippen LogP contribution in [-0.4, -0.2) is 27.1 Å². The Balaban J connectivity index is 1.24. The summed E-state index contributed by atoms with van der Waals surface area (Å²) in [6.45, 7) is 1.65. The molecule has 0 bridgehead atoms. The summed E-state index contributed by atoms with van der Waals surface area (Å²) in [5, 5.41) is 6.74. The van der Waals surface area contributed by atoms with Crippen LogP contribution in [0.3, 0.4) is 0 Å². The van der Waals surface area contributed by atoms with Gasteiger partial charge in [-0.05, 0) is 82.9 Å². The third-order valence-electron chi connectivity index (χ3n) is 6.68. The number of rotatable bonds is 10. The summed E-state index contributed by atoms with van der Waals surface area (Å²) in [6, 6.07) is 34.4. The van der Waals surface area contributed by atoms with Gasteiger partial charge in [-0.25, -0.2) is 13.8 Å². The van der Waals surface area contributed by atoms with Crippen molar-refractivity contribution in [3.63, 3.8) is 0 Å². The van der Waals surface area contributed by atoms with E-state index in [2.05, 4.69) is 28.7 Å². The van der Waals surface area contributed by atoms with Gasteiger partial charge in [-0.2, -0.15) is 5.10 Å². The van der Waals surface area contributed by atoms with Crippen LogP contribution in [0.15, 0.2) is 125 Å². The number of halogens is 1. The third kappa shape index (κ3) is 6.62. The number of hydrogen-bond donors (Lipinski definition) is 1. The van der Waals surface area contributed by atoms with Crippen LogP contribution in [-0.2, 0) is 21.4 Å². The third-order valence-corrected chi connectivity index (χ3v) is 8.87. The summed E-state index contributed by atoms with van der Waals surface area (Å²) in [4.78, 5) is 12.9. The Morgan fingerprint density at radius 3 is 2.36 bits per heavy atom. The predicted octanol–water partition coefficient (Wildman–Crippen LogP) is 6.73. The molecule has 0 aromatic heterocycles. The van der Waals surface area contributed by atoms with Crippen molar-refractivity contribution >= 4 is 50.2 Å². The molecule has 1 amide bonds. The molecule has 212 valence electrons. The zero-order chi connectivity index (χ0) is 29.5. The van der Waals surface area contributed by atoms with Crippen molar-refractivity contribution in [1.29, 1.82) is 0 Å². The largest absolute Gasteiger partial charge is 0.489 e. The van der Waals surface area contributed by atoms with Gasteiger partial charge in [-0.3, -0.25) is 9.10 Å². The molecule has 5 rings (SSSR count). The van der Waals surface area contributed by atoms with Crippen molar-refractivity contribution in [3.05, 3.63) is 137 Å². The fraction of sp³-hybridized carbons (Fsp3) is 0.0909. The van der Waals surface area contributed by atoms with Crippen LogP contribution >= 0.6 is 11.6 Å². The summed E-state index contributed by atoms with van der Waals surface area (Å²) < 4.78 is 34.1. The lowest BCUT2D eigenvalue weighted by atomic mass is 10.1. The zero-order valence-electron chi connectivity index (χ0n) is 22.8. The highest BCUT2D eigenvalue weighted by atomic mass is 35.5. The van der Waals surface area contributed by atoms with Crippen molar-refractivity contribution < 1.29 is 17.9 Å². The number of hydrazone groups is 1. The summed E-state index contributed by atoms with van der Waals surface area (Å²) in [6.07, 6.45) is 1.48. The number of ether oxygens (including phenoxy) is 1. The lowest BCUT2D eigenvalue weighted by Gasteiger charge is -2.25. The maximum atomic E-state index is 13.5. The number of carbonyl (C=O) groups is 1. The van der Waals surface area contributed by atoms with Crippen LogP contribution < -0.4 is 14.5 Å². The van der Waals surface area contributed by atoms with Gasteiger partial charge in [0.2, 0.25) is 0 Å². The van der Waals surface area contributed by atoms with E-state index in [0.29, 0.717) is 28.6 Å². The van der Waals surface area contributed by atoms with Gasteiger partial charge in [-0.15, -0.1) is 0 Å². The number of hydrogen-bond acceptors (Lipinski definition) is 5. The Labute approximate surface area is 250 Å². The molecule has 42 heavy (non-hydrogen) atoms. The number of benzene rings is 5. The second-order valence-corrected chi connectivity index (χ2v) is 11.8. The first-order valence-electron chi connectivity index (χ1n) is 13.2. The minimum atomic E-state index is -4.06. The van der Waals surface area contributed by atoms with E-state index in [-0.39, 0.29) is 4.90 Å². The highest BCUT2D eigenvalue weighted by molar-refractivity contribution is 7.92. The lowest BCUT2D eigenvalue weighted by molar-refractivity contribution is -0.119.